The molecule has 0 atom stereocenters. The van der Waals surface area contributed by atoms with Crippen LogP contribution in [0.2, 0.25) is 0 Å². The molecular formula is C12H12N2O2. The first kappa shape index (κ1) is 10.4. The van der Waals surface area contributed by atoms with Crippen LogP contribution in [-0.4, -0.2) is 17.1 Å². The second kappa shape index (κ2) is 4.61. The highest BCUT2D eigenvalue weighted by atomic mass is 16.5. The molecule has 0 saturated carbocycles. The summed E-state index contributed by atoms with van der Waals surface area (Å²) in [4.78, 5) is 7.90. The number of aromatic nitrogens is 2. The fraction of sp³-hybridized carbons (Fsp3) is 0.167. The van der Waals surface area contributed by atoms with Gasteiger partial charge in [0.15, 0.2) is 0 Å². The molecule has 0 radical (unpaired) electrons. The Morgan fingerprint density at radius 1 is 1.06 bits per heavy atom. The highest BCUT2D eigenvalue weighted by Crippen LogP contribution is 2.21. The van der Waals surface area contributed by atoms with Gasteiger partial charge in [0.1, 0.15) is 12.1 Å². The molecule has 0 aliphatic heterocycles. The van der Waals surface area contributed by atoms with Gasteiger partial charge in [0.2, 0.25) is 11.8 Å². The molecule has 1 heterocycles. The molecule has 0 unspecified atom stereocenters. The Balaban J connectivity index is 2.20. The Kier molecular flexibility index (Phi) is 3.00. The molecule has 0 saturated heterocycles. The minimum Gasteiger partial charge on any atom is -0.481 e. The second-order valence-corrected chi connectivity index (χ2v) is 3.32. The van der Waals surface area contributed by atoms with E-state index in [1.807, 2.05) is 31.2 Å². The van der Waals surface area contributed by atoms with Crippen molar-refractivity contribution in [2.24, 2.45) is 0 Å². The van der Waals surface area contributed by atoms with Gasteiger partial charge < -0.3 is 9.47 Å². The van der Waals surface area contributed by atoms with Gasteiger partial charge in [0.05, 0.1) is 13.2 Å². The first-order valence-electron chi connectivity index (χ1n) is 4.88. The summed E-state index contributed by atoms with van der Waals surface area (Å²) in [6.45, 7) is 2.01. The van der Waals surface area contributed by atoms with Crippen LogP contribution in [0.5, 0.6) is 17.5 Å². The SMILES string of the molecule is COc1cc(Oc2cccc(C)c2)ncn1. The number of benzene rings is 1. The molecule has 1 aromatic carbocycles. The average molecular weight is 216 g/mol. The van der Waals surface area contributed by atoms with E-state index in [9.17, 15) is 0 Å². The first-order valence-corrected chi connectivity index (χ1v) is 4.88. The van der Waals surface area contributed by atoms with Gasteiger partial charge in [-0.25, -0.2) is 9.97 Å². The Labute approximate surface area is 93.9 Å². The van der Waals surface area contributed by atoms with Gasteiger partial charge in [0.25, 0.3) is 0 Å². The zero-order chi connectivity index (χ0) is 11.4. The molecule has 0 bridgehead atoms. The molecule has 0 aliphatic rings. The Morgan fingerprint density at radius 3 is 2.62 bits per heavy atom. The number of aryl methyl sites for hydroxylation is 1. The van der Waals surface area contributed by atoms with E-state index < -0.39 is 0 Å². The van der Waals surface area contributed by atoms with Gasteiger partial charge in [-0.3, -0.25) is 0 Å². The van der Waals surface area contributed by atoms with Crippen molar-refractivity contribution in [3.63, 3.8) is 0 Å². The third kappa shape index (κ3) is 2.48. The molecule has 0 N–H and O–H groups in total. The molecule has 0 amide bonds. The number of hydrogen-bond donors (Lipinski definition) is 0. The average Bonchev–Trinajstić information content (AvgIpc) is 2.29. The molecule has 82 valence electrons. The standard InChI is InChI=1S/C12H12N2O2/c1-9-4-3-5-10(6-9)16-12-7-11(15-2)13-8-14-12/h3-8H,1-2H3. The summed E-state index contributed by atoms with van der Waals surface area (Å²) in [5.74, 6) is 1.70. The Morgan fingerprint density at radius 2 is 1.88 bits per heavy atom. The van der Waals surface area contributed by atoms with Crippen molar-refractivity contribution in [3.05, 3.63) is 42.2 Å². The zero-order valence-corrected chi connectivity index (χ0v) is 9.18. The van der Waals surface area contributed by atoms with Crippen LogP contribution < -0.4 is 9.47 Å². The van der Waals surface area contributed by atoms with E-state index in [0.29, 0.717) is 11.8 Å². The lowest BCUT2D eigenvalue weighted by Gasteiger charge is -2.05. The lowest BCUT2D eigenvalue weighted by atomic mass is 10.2. The van der Waals surface area contributed by atoms with E-state index in [1.54, 1.807) is 13.2 Å². The van der Waals surface area contributed by atoms with E-state index in [2.05, 4.69) is 9.97 Å². The molecule has 0 fully saturated rings. The van der Waals surface area contributed by atoms with E-state index >= 15 is 0 Å². The summed E-state index contributed by atoms with van der Waals surface area (Å²) in [6, 6.07) is 9.40. The van der Waals surface area contributed by atoms with Crippen LogP contribution >= 0.6 is 0 Å². The van der Waals surface area contributed by atoms with Crippen molar-refractivity contribution < 1.29 is 9.47 Å². The molecule has 2 rings (SSSR count). The van der Waals surface area contributed by atoms with Crippen LogP contribution in [0, 0.1) is 6.92 Å². The third-order valence-electron chi connectivity index (χ3n) is 2.04. The van der Waals surface area contributed by atoms with Crippen molar-refractivity contribution in [1.82, 2.24) is 9.97 Å². The molecule has 0 spiro atoms. The van der Waals surface area contributed by atoms with Crippen LogP contribution in [-0.2, 0) is 0 Å². The highest BCUT2D eigenvalue weighted by Gasteiger charge is 2.01. The quantitative estimate of drug-likeness (QED) is 0.791. The molecule has 1 aromatic heterocycles. The lowest BCUT2D eigenvalue weighted by Crippen LogP contribution is -1.92. The van der Waals surface area contributed by atoms with Crippen LogP contribution in [0.4, 0.5) is 0 Å². The summed E-state index contributed by atoms with van der Waals surface area (Å²) in [6.07, 6.45) is 1.41. The number of ether oxygens (including phenoxy) is 2. The summed E-state index contributed by atoms with van der Waals surface area (Å²) < 4.78 is 10.6. The minimum absolute atomic E-state index is 0.470. The van der Waals surface area contributed by atoms with Crippen molar-refractivity contribution in [1.29, 1.82) is 0 Å². The molecule has 4 nitrogen and oxygen atoms in total. The fourth-order valence-corrected chi connectivity index (χ4v) is 1.29. The van der Waals surface area contributed by atoms with Gasteiger partial charge in [-0.1, -0.05) is 12.1 Å². The highest BCUT2D eigenvalue weighted by molar-refractivity contribution is 5.31. The predicted molar refractivity (Wildman–Crippen MR) is 59.8 cm³/mol. The Bertz CT molecular complexity index is 486. The molecule has 2 aromatic rings. The number of nitrogens with zero attached hydrogens (tertiary/aromatic N) is 2. The summed E-state index contributed by atoms with van der Waals surface area (Å²) in [7, 11) is 1.55. The largest absolute Gasteiger partial charge is 0.481 e. The van der Waals surface area contributed by atoms with Gasteiger partial charge in [-0.15, -0.1) is 0 Å². The van der Waals surface area contributed by atoms with Crippen LogP contribution in [0.1, 0.15) is 5.56 Å². The van der Waals surface area contributed by atoms with Crippen LogP contribution in [0.15, 0.2) is 36.7 Å². The predicted octanol–water partition coefficient (Wildman–Crippen LogP) is 2.59. The summed E-state index contributed by atoms with van der Waals surface area (Å²) >= 11 is 0. The van der Waals surface area contributed by atoms with Crippen molar-refractivity contribution in [2.45, 2.75) is 6.92 Å². The second-order valence-electron chi connectivity index (χ2n) is 3.32. The van der Waals surface area contributed by atoms with Gasteiger partial charge >= 0.3 is 0 Å². The molecule has 0 aliphatic carbocycles. The van der Waals surface area contributed by atoms with E-state index in [0.717, 1.165) is 11.3 Å². The molecule has 16 heavy (non-hydrogen) atoms. The maximum absolute atomic E-state index is 5.57. The molecular weight excluding hydrogens is 204 g/mol. The van der Waals surface area contributed by atoms with E-state index in [4.69, 9.17) is 9.47 Å². The van der Waals surface area contributed by atoms with Crippen molar-refractivity contribution in [3.8, 4) is 17.5 Å². The number of hydrogen-bond acceptors (Lipinski definition) is 4. The van der Waals surface area contributed by atoms with Crippen molar-refractivity contribution >= 4 is 0 Å². The monoisotopic (exact) mass is 216 g/mol. The Hall–Kier alpha value is -2.10. The normalized spacial score (nSPS) is 9.88. The number of rotatable bonds is 3. The minimum atomic E-state index is 0.470. The van der Waals surface area contributed by atoms with Crippen LogP contribution in [0.25, 0.3) is 0 Å². The fourth-order valence-electron chi connectivity index (χ4n) is 1.29. The smallest absolute Gasteiger partial charge is 0.226 e. The zero-order valence-electron chi connectivity index (χ0n) is 9.18. The van der Waals surface area contributed by atoms with Gasteiger partial charge in [0, 0.05) is 0 Å². The topological polar surface area (TPSA) is 44.2 Å². The van der Waals surface area contributed by atoms with Gasteiger partial charge in [-0.05, 0) is 24.6 Å². The van der Waals surface area contributed by atoms with Gasteiger partial charge in [-0.2, -0.15) is 0 Å². The summed E-state index contributed by atoms with van der Waals surface area (Å²) in [5, 5.41) is 0. The molecule has 4 heteroatoms. The van der Waals surface area contributed by atoms with E-state index in [-0.39, 0.29) is 0 Å². The van der Waals surface area contributed by atoms with Crippen LogP contribution in [0.3, 0.4) is 0 Å². The maximum Gasteiger partial charge on any atom is 0.226 e. The van der Waals surface area contributed by atoms with E-state index in [1.165, 1.54) is 6.33 Å². The maximum atomic E-state index is 5.57. The number of methoxy groups -OCH3 is 1. The first-order chi connectivity index (χ1) is 7.78. The summed E-state index contributed by atoms with van der Waals surface area (Å²) in [5.41, 5.74) is 1.14. The lowest BCUT2D eigenvalue weighted by molar-refractivity contribution is 0.388. The third-order valence-corrected chi connectivity index (χ3v) is 2.04. The van der Waals surface area contributed by atoms with Crippen molar-refractivity contribution in [2.75, 3.05) is 7.11 Å².